The lowest BCUT2D eigenvalue weighted by molar-refractivity contribution is 0.436. The molecule has 0 amide bonds. The minimum Gasteiger partial charge on any atom is -0.457 e. The Labute approximate surface area is 448 Å². The highest BCUT2D eigenvalue weighted by atomic mass is 16.5. The van der Waals surface area contributed by atoms with Crippen LogP contribution in [0.3, 0.4) is 0 Å². The molecule has 0 atom stereocenters. The topological polar surface area (TPSA) is 21.7 Å². The molecule has 0 N–H and O–H groups in total. The summed E-state index contributed by atoms with van der Waals surface area (Å²) in [5.41, 5.74) is 23.6. The summed E-state index contributed by atoms with van der Waals surface area (Å²) in [5, 5.41) is 0. The van der Waals surface area contributed by atoms with E-state index in [2.05, 4.69) is 290 Å². The molecule has 12 aromatic rings. The van der Waals surface area contributed by atoms with Crippen LogP contribution in [0.1, 0.15) is 44.5 Å². The smallest absolute Gasteiger partial charge is 0.132 e. The molecule has 0 bridgehead atoms. The van der Waals surface area contributed by atoms with E-state index in [0.29, 0.717) is 0 Å². The Morgan fingerprint density at radius 3 is 1.12 bits per heavy atom. The molecule has 3 heteroatoms. The van der Waals surface area contributed by atoms with E-state index in [1.165, 1.54) is 55.6 Å². The number of nitrogens with zero attached hydrogens (tertiary/aromatic N) is 1. The van der Waals surface area contributed by atoms with E-state index in [-0.39, 0.29) is 0 Å². The van der Waals surface area contributed by atoms with Crippen LogP contribution >= 0.6 is 0 Å². The zero-order valence-electron chi connectivity index (χ0n) is 41.9. The van der Waals surface area contributed by atoms with Crippen LogP contribution in [0.15, 0.2) is 285 Å². The maximum Gasteiger partial charge on any atom is 0.132 e. The normalized spacial score (nSPS) is 13.9. The van der Waals surface area contributed by atoms with Gasteiger partial charge in [0.15, 0.2) is 0 Å². The fourth-order valence-corrected chi connectivity index (χ4v) is 13.6. The second-order valence-electron chi connectivity index (χ2n) is 20.6. The molecule has 360 valence electrons. The Balaban J connectivity index is 0.883. The van der Waals surface area contributed by atoms with Crippen LogP contribution in [0.5, 0.6) is 23.0 Å². The lowest BCUT2D eigenvalue weighted by Gasteiger charge is -2.39. The molecule has 12 aromatic carbocycles. The Hall–Kier alpha value is -9.96. The summed E-state index contributed by atoms with van der Waals surface area (Å²) in [7, 11) is 0. The average Bonchev–Trinajstić information content (AvgIpc) is 3.61. The average molecular weight is 982 g/mol. The van der Waals surface area contributed by atoms with Gasteiger partial charge in [-0.15, -0.1) is 0 Å². The first-order chi connectivity index (χ1) is 38.2. The number of para-hydroxylation sites is 5. The Morgan fingerprint density at radius 2 is 0.571 bits per heavy atom. The molecule has 77 heavy (non-hydrogen) atoms. The summed E-state index contributed by atoms with van der Waals surface area (Å²) in [4.78, 5) is 2.46. The summed E-state index contributed by atoms with van der Waals surface area (Å²) in [6.45, 7) is 0. The van der Waals surface area contributed by atoms with Crippen LogP contribution < -0.4 is 14.4 Å². The van der Waals surface area contributed by atoms with Gasteiger partial charge in [-0.2, -0.15) is 0 Å². The molecule has 0 saturated heterocycles. The molecular weight excluding hydrogens is 935 g/mol. The van der Waals surface area contributed by atoms with Crippen LogP contribution in [0, 0.1) is 0 Å². The highest BCUT2D eigenvalue weighted by Gasteiger charge is 2.52. The molecule has 0 aromatic heterocycles. The van der Waals surface area contributed by atoms with E-state index in [9.17, 15) is 0 Å². The Bertz CT molecular complexity index is 4250. The Morgan fingerprint density at radius 1 is 0.221 bits per heavy atom. The molecule has 0 saturated carbocycles. The molecule has 0 fully saturated rings. The highest BCUT2D eigenvalue weighted by Crippen LogP contribution is 2.64. The van der Waals surface area contributed by atoms with E-state index in [4.69, 9.17) is 9.47 Å². The number of ether oxygens (including phenoxy) is 2. The van der Waals surface area contributed by atoms with Gasteiger partial charge in [0.1, 0.15) is 23.0 Å². The quantitative estimate of drug-likeness (QED) is 0.166. The van der Waals surface area contributed by atoms with Crippen LogP contribution in [0.25, 0.3) is 55.6 Å². The number of hydrogen-bond acceptors (Lipinski definition) is 3. The number of hydrogen-bond donors (Lipinski definition) is 0. The first kappa shape index (κ1) is 43.4. The first-order valence-electron chi connectivity index (χ1n) is 26.6. The number of rotatable bonds is 6. The van der Waals surface area contributed by atoms with Gasteiger partial charge in [0.2, 0.25) is 0 Å². The molecule has 0 radical (unpaired) electrons. The summed E-state index contributed by atoms with van der Waals surface area (Å²) in [6, 6.07) is 104. The van der Waals surface area contributed by atoms with Crippen molar-refractivity contribution in [3.8, 4) is 78.6 Å². The van der Waals surface area contributed by atoms with Crippen LogP contribution in [0.2, 0.25) is 0 Å². The molecule has 4 aliphatic rings. The monoisotopic (exact) mass is 981 g/mol. The standard InChI is InChI=1S/C74H47NO2/c1-2-18-48(19-3-1)49-34-36-51(37-35-49)55-20-6-13-29-68(55)75(54-43-45-59-57-22-5-8-24-61(57)74(67(59)47-54)64-27-11-16-32-71(64)77-72-33-17-12-28-65(72)74)53-41-38-50(39-42-53)52-40-44-58-56-21-4-7-23-60(56)73(66(58)46-52)62-25-9-14-30-69(62)76-70-31-15-10-26-63(70)73/h1-47H. The zero-order chi connectivity index (χ0) is 50.7. The van der Waals surface area contributed by atoms with Gasteiger partial charge in [-0.25, -0.2) is 0 Å². The van der Waals surface area contributed by atoms with Crippen molar-refractivity contribution < 1.29 is 9.47 Å². The summed E-state index contributed by atoms with van der Waals surface area (Å²) >= 11 is 0. The van der Waals surface area contributed by atoms with Gasteiger partial charge < -0.3 is 14.4 Å². The highest BCUT2D eigenvalue weighted by molar-refractivity contribution is 5.95. The number of anilines is 3. The summed E-state index contributed by atoms with van der Waals surface area (Å²) < 4.78 is 13.4. The third-order valence-corrected chi connectivity index (χ3v) is 16.8. The van der Waals surface area contributed by atoms with Crippen molar-refractivity contribution >= 4 is 17.1 Å². The zero-order valence-corrected chi connectivity index (χ0v) is 41.9. The predicted octanol–water partition coefficient (Wildman–Crippen LogP) is 19.1. The van der Waals surface area contributed by atoms with Gasteiger partial charge in [-0.3, -0.25) is 0 Å². The molecule has 16 rings (SSSR count). The number of benzene rings is 12. The van der Waals surface area contributed by atoms with Gasteiger partial charge in [0.25, 0.3) is 0 Å². The van der Waals surface area contributed by atoms with E-state index >= 15 is 0 Å². The van der Waals surface area contributed by atoms with Crippen molar-refractivity contribution in [2.24, 2.45) is 0 Å². The maximum absolute atomic E-state index is 6.75. The molecular formula is C74H47NO2. The Kier molecular flexibility index (Phi) is 9.47. The van der Waals surface area contributed by atoms with E-state index in [1.54, 1.807) is 0 Å². The van der Waals surface area contributed by atoms with Crippen LogP contribution in [0.4, 0.5) is 17.1 Å². The predicted molar refractivity (Wildman–Crippen MR) is 312 cm³/mol. The largest absolute Gasteiger partial charge is 0.457 e. The van der Waals surface area contributed by atoms with Crippen molar-refractivity contribution in [3.63, 3.8) is 0 Å². The molecule has 2 aliphatic heterocycles. The van der Waals surface area contributed by atoms with Gasteiger partial charge in [0, 0.05) is 39.2 Å². The van der Waals surface area contributed by atoms with E-state index < -0.39 is 10.8 Å². The molecule has 0 unspecified atom stereocenters. The SMILES string of the molecule is c1ccc(-c2ccc(-c3ccccc3N(c3ccc(-c4ccc5c(c4)C4(c6ccccc6Oc6ccccc64)c4ccccc4-5)cc3)c3ccc4c(c3)C3(c5ccccc5Oc5ccccc53)c3ccccc3-4)cc2)cc1. The summed E-state index contributed by atoms with van der Waals surface area (Å²) in [6.07, 6.45) is 0. The molecule has 2 spiro atoms. The minimum absolute atomic E-state index is 0.552. The van der Waals surface area contributed by atoms with Crippen molar-refractivity contribution in [1.29, 1.82) is 0 Å². The lowest BCUT2D eigenvalue weighted by atomic mass is 9.66. The second kappa shape index (κ2) is 16.8. The van der Waals surface area contributed by atoms with Crippen molar-refractivity contribution in [2.75, 3.05) is 4.90 Å². The van der Waals surface area contributed by atoms with Gasteiger partial charge in [0.05, 0.1) is 16.5 Å². The van der Waals surface area contributed by atoms with Crippen molar-refractivity contribution in [2.45, 2.75) is 10.8 Å². The third-order valence-electron chi connectivity index (χ3n) is 16.8. The fraction of sp³-hybridized carbons (Fsp3) is 0.0270. The second-order valence-corrected chi connectivity index (χ2v) is 20.6. The van der Waals surface area contributed by atoms with Gasteiger partial charge in [-0.05, 0) is 133 Å². The lowest BCUT2D eigenvalue weighted by Crippen LogP contribution is -2.32. The van der Waals surface area contributed by atoms with Crippen molar-refractivity contribution in [1.82, 2.24) is 0 Å². The molecule has 2 heterocycles. The maximum atomic E-state index is 6.75. The molecule has 2 aliphatic carbocycles. The minimum atomic E-state index is -0.619. The van der Waals surface area contributed by atoms with E-state index in [0.717, 1.165) is 84.6 Å². The number of fused-ring (bicyclic) bond motifs is 18. The van der Waals surface area contributed by atoms with E-state index in [1.807, 2.05) is 0 Å². The molecule has 3 nitrogen and oxygen atoms in total. The fourth-order valence-electron chi connectivity index (χ4n) is 13.6. The van der Waals surface area contributed by atoms with Crippen LogP contribution in [-0.4, -0.2) is 0 Å². The van der Waals surface area contributed by atoms with Crippen LogP contribution in [-0.2, 0) is 10.8 Å². The van der Waals surface area contributed by atoms with Gasteiger partial charge in [-0.1, -0.05) is 224 Å². The third kappa shape index (κ3) is 6.20. The van der Waals surface area contributed by atoms with Gasteiger partial charge >= 0.3 is 0 Å². The van der Waals surface area contributed by atoms with Crippen molar-refractivity contribution in [3.05, 3.63) is 330 Å². The summed E-state index contributed by atoms with van der Waals surface area (Å²) in [5.74, 6) is 3.54. The first-order valence-corrected chi connectivity index (χ1v) is 26.6.